The van der Waals surface area contributed by atoms with Crippen molar-refractivity contribution >= 4 is 29.4 Å². The monoisotopic (exact) mass is 427 g/mol. The lowest BCUT2D eigenvalue weighted by Gasteiger charge is -2.39. The Hall–Kier alpha value is -2.13. The summed E-state index contributed by atoms with van der Waals surface area (Å²) in [6.07, 6.45) is 2.03. The fraction of sp³-hybridized carbons (Fsp3) is 0.684. The Morgan fingerprint density at radius 3 is 2.66 bits per heavy atom. The molecule has 0 aliphatic carbocycles. The van der Waals surface area contributed by atoms with Crippen LogP contribution in [0.25, 0.3) is 0 Å². The van der Waals surface area contributed by atoms with E-state index < -0.39 is 11.5 Å². The van der Waals surface area contributed by atoms with E-state index in [1.165, 1.54) is 6.92 Å². The van der Waals surface area contributed by atoms with Crippen molar-refractivity contribution < 1.29 is 28.4 Å². The summed E-state index contributed by atoms with van der Waals surface area (Å²) in [4.78, 5) is 40.8. The SMILES string of the molecule is CC(=O)OCC1(CC(=O)N2CCOCC2)CCCN1C(=O)CCc1cc(Cl)no1. The molecule has 2 aliphatic heterocycles. The standard InChI is InChI=1S/C19H26ClN3O6/c1-14(24)28-13-19(12-18(26)22-7-9-27-10-8-22)5-2-6-23(19)17(25)4-3-15-11-16(20)21-29-15/h11H,2-10,12-13H2,1H3. The summed E-state index contributed by atoms with van der Waals surface area (Å²) in [5, 5.41) is 3.85. The minimum Gasteiger partial charge on any atom is -0.463 e. The van der Waals surface area contributed by atoms with Crippen molar-refractivity contribution in [2.45, 2.75) is 44.6 Å². The van der Waals surface area contributed by atoms with E-state index in [1.54, 1.807) is 15.9 Å². The molecule has 2 amide bonds. The lowest BCUT2D eigenvalue weighted by atomic mass is 9.91. The maximum atomic E-state index is 13.0. The molecule has 2 fully saturated rings. The van der Waals surface area contributed by atoms with Crippen molar-refractivity contribution in [3.63, 3.8) is 0 Å². The second-order valence-electron chi connectivity index (χ2n) is 7.44. The highest BCUT2D eigenvalue weighted by molar-refractivity contribution is 6.29. The van der Waals surface area contributed by atoms with Crippen molar-refractivity contribution in [3.8, 4) is 0 Å². The summed E-state index contributed by atoms with van der Waals surface area (Å²) >= 11 is 5.75. The third-order valence-corrected chi connectivity index (χ3v) is 5.58. The maximum absolute atomic E-state index is 13.0. The molecule has 1 aromatic heterocycles. The van der Waals surface area contributed by atoms with Crippen LogP contribution >= 0.6 is 11.6 Å². The van der Waals surface area contributed by atoms with Gasteiger partial charge in [-0.05, 0) is 12.8 Å². The second kappa shape index (κ2) is 9.58. The fourth-order valence-corrected chi connectivity index (χ4v) is 4.08. The van der Waals surface area contributed by atoms with Crippen molar-refractivity contribution in [3.05, 3.63) is 17.0 Å². The molecule has 9 nitrogen and oxygen atoms in total. The Morgan fingerprint density at radius 2 is 2.00 bits per heavy atom. The third-order valence-electron chi connectivity index (χ3n) is 5.40. The second-order valence-corrected chi connectivity index (χ2v) is 7.83. The number of likely N-dealkylation sites (tertiary alicyclic amines) is 1. The smallest absolute Gasteiger partial charge is 0.302 e. The molecule has 0 bridgehead atoms. The van der Waals surface area contributed by atoms with Gasteiger partial charge < -0.3 is 23.8 Å². The van der Waals surface area contributed by atoms with E-state index in [-0.39, 0.29) is 36.4 Å². The number of amides is 2. The molecular weight excluding hydrogens is 402 g/mol. The quantitative estimate of drug-likeness (QED) is 0.606. The molecule has 0 spiro atoms. The molecule has 0 aromatic carbocycles. The normalized spacial score (nSPS) is 22.0. The molecule has 160 valence electrons. The van der Waals surface area contributed by atoms with Gasteiger partial charge in [-0.25, -0.2) is 0 Å². The summed E-state index contributed by atoms with van der Waals surface area (Å²) in [5.74, 6) is -0.0737. The van der Waals surface area contributed by atoms with E-state index in [4.69, 9.17) is 25.6 Å². The Bertz CT molecular complexity index is 748. The number of carbonyl (C=O) groups excluding carboxylic acids is 3. The summed E-state index contributed by atoms with van der Waals surface area (Å²) in [7, 11) is 0. The molecule has 3 heterocycles. The minimum absolute atomic E-state index is 0.0122. The van der Waals surface area contributed by atoms with Crippen molar-refractivity contribution in [1.29, 1.82) is 0 Å². The number of carbonyl (C=O) groups is 3. The number of rotatable bonds is 7. The number of halogens is 1. The highest BCUT2D eigenvalue weighted by Gasteiger charge is 2.46. The number of morpholine rings is 1. The van der Waals surface area contributed by atoms with E-state index in [9.17, 15) is 14.4 Å². The lowest BCUT2D eigenvalue weighted by Crippen LogP contribution is -2.54. The Morgan fingerprint density at radius 1 is 1.24 bits per heavy atom. The number of hydrogen-bond acceptors (Lipinski definition) is 7. The van der Waals surface area contributed by atoms with Gasteiger partial charge >= 0.3 is 5.97 Å². The van der Waals surface area contributed by atoms with Crippen molar-refractivity contribution in [2.75, 3.05) is 39.5 Å². The van der Waals surface area contributed by atoms with Crippen LogP contribution in [0.1, 0.15) is 38.4 Å². The summed E-state index contributed by atoms with van der Waals surface area (Å²) in [6, 6.07) is 1.58. The maximum Gasteiger partial charge on any atom is 0.302 e. The first kappa shape index (κ1) is 21.6. The Labute approximate surface area is 174 Å². The largest absolute Gasteiger partial charge is 0.463 e. The zero-order valence-corrected chi connectivity index (χ0v) is 17.3. The fourth-order valence-electron chi connectivity index (χ4n) is 3.93. The highest BCUT2D eigenvalue weighted by Crippen LogP contribution is 2.34. The number of aromatic nitrogens is 1. The Balaban J connectivity index is 1.70. The van der Waals surface area contributed by atoms with Crippen LogP contribution in [-0.2, 0) is 30.3 Å². The zero-order valence-electron chi connectivity index (χ0n) is 16.5. The number of hydrogen-bond donors (Lipinski definition) is 0. The summed E-state index contributed by atoms with van der Waals surface area (Å²) < 4.78 is 15.7. The van der Waals surface area contributed by atoms with Gasteiger partial charge in [0.05, 0.1) is 25.2 Å². The zero-order chi connectivity index (χ0) is 20.9. The van der Waals surface area contributed by atoms with Crippen LogP contribution in [0.3, 0.4) is 0 Å². The van der Waals surface area contributed by atoms with Gasteiger partial charge in [-0.3, -0.25) is 14.4 Å². The average Bonchev–Trinajstić information content (AvgIpc) is 3.31. The minimum atomic E-state index is -0.822. The van der Waals surface area contributed by atoms with Crippen LogP contribution in [0.15, 0.2) is 10.6 Å². The number of aryl methyl sites for hydroxylation is 1. The number of ether oxygens (including phenoxy) is 2. The van der Waals surface area contributed by atoms with Crippen LogP contribution in [-0.4, -0.2) is 77.7 Å². The van der Waals surface area contributed by atoms with Gasteiger partial charge in [0.2, 0.25) is 11.8 Å². The molecule has 2 saturated heterocycles. The van der Waals surface area contributed by atoms with Gasteiger partial charge in [0.15, 0.2) is 5.15 Å². The molecule has 1 aromatic rings. The van der Waals surface area contributed by atoms with Crippen LogP contribution < -0.4 is 0 Å². The lowest BCUT2D eigenvalue weighted by molar-refractivity contribution is -0.154. The van der Waals surface area contributed by atoms with Crippen molar-refractivity contribution in [1.82, 2.24) is 15.0 Å². The molecule has 0 saturated carbocycles. The summed E-state index contributed by atoms with van der Waals surface area (Å²) in [6.45, 7) is 3.93. The van der Waals surface area contributed by atoms with Gasteiger partial charge in [0.25, 0.3) is 0 Å². The predicted molar refractivity (Wildman–Crippen MR) is 102 cm³/mol. The molecule has 1 atom stereocenters. The van der Waals surface area contributed by atoms with Gasteiger partial charge in [0.1, 0.15) is 12.4 Å². The van der Waals surface area contributed by atoms with E-state index in [0.717, 1.165) is 6.42 Å². The van der Waals surface area contributed by atoms with Gasteiger partial charge in [-0.15, -0.1) is 0 Å². The van der Waals surface area contributed by atoms with Crippen LogP contribution in [0.4, 0.5) is 0 Å². The number of nitrogens with zero attached hydrogens (tertiary/aromatic N) is 3. The first-order chi connectivity index (χ1) is 13.9. The average molecular weight is 428 g/mol. The third kappa shape index (κ3) is 5.48. The number of esters is 1. The first-order valence-electron chi connectivity index (χ1n) is 9.80. The molecule has 1 unspecified atom stereocenters. The molecule has 29 heavy (non-hydrogen) atoms. The molecule has 0 N–H and O–H groups in total. The molecule has 0 radical (unpaired) electrons. The first-order valence-corrected chi connectivity index (χ1v) is 10.2. The Kier molecular flexibility index (Phi) is 7.13. The van der Waals surface area contributed by atoms with Gasteiger partial charge in [-0.1, -0.05) is 16.8 Å². The molecule has 10 heteroatoms. The van der Waals surface area contributed by atoms with Gasteiger partial charge in [0, 0.05) is 45.5 Å². The van der Waals surface area contributed by atoms with E-state index in [0.29, 0.717) is 51.4 Å². The van der Waals surface area contributed by atoms with E-state index in [1.807, 2.05) is 0 Å². The van der Waals surface area contributed by atoms with Gasteiger partial charge in [-0.2, -0.15) is 0 Å². The molecular formula is C19H26ClN3O6. The van der Waals surface area contributed by atoms with Crippen molar-refractivity contribution in [2.24, 2.45) is 0 Å². The predicted octanol–water partition coefficient (Wildman–Crippen LogP) is 1.43. The summed E-state index contributed by atoms with van der Waals surface area (Å²) in [5.41, 5.74) is -0.822. The highest BCUT2D eigenvalue weighted by atomic mass is 35.5. The molecule has 2 aliphatic rings. The van der Waals surface area contributed by atoms with E-state index in [2.05, 4.69) is 5.16 Å². The topological polar surface area (TPSA) is 102 Å². The van der Waals surface area contributed by atoms with Crippen LogP contribution in [0.5, 0.6) is 0 Å². The van der Waals surface area contributed by atoms with E-state index >= 15 is 0 Å². The molecule has 3 rings (SSSR count). The van der Waals surface area contributed by atoms with Crippen LogP contribution in [0, 0.1) is 0 Å². The van der Waals surface area contributed by atoms with Crippen LogP contribution in [0.2, 0.25) is 5.15 Å².